The van der Waals surface area contributed by atoms with E-state index in [-0.39, 0.29) is 23.4 Å². The van der Waals surface area contributed by atoms with Crippen molar-refractivity contribution in [1.82, 2.24) is 15.0 Å². The van der Waals surface area contributed by atoms with Crippen molar-refractivity contribution >= 4 is 50.7 Å². The molecule has 0 radical (unpaired) electrons. The van der Waals surface area contributed by atoms with E-state index >= 15 is 0 Å². The molecular weight excluding hydrogens is 400 g/mol. The minimum absolute atomic E-state index is 0.00573. The van der Waals surface area contributed by atoms with E-state index in [4.69, 9.17) is 17.3 Å². The number of nitrogens with one attached hydrogen (secondary N) is 1. The molecular formula is C16H16ClF2N5S2. The number of fused-ring (bicyclic) bond motifs is 1. The fraction of sp³-hybridized carbons (Fsp3) is 0.312. The molecule has 1 atom stereocenters. The molecule has 0 saturated heterocycles. The normalized spacial score (nSPS) is 12.5. The monoisotopic (exact) mass is 415 g/mol. The van der Waals surface area contributed by atoms with Crippen LogP contribution in [0.15, 0.2) is 17.3 Å². The van der Waals surface area contributed by atoms with Gasteiger partial charge in [0.1, 0.15) is 23.0 Å². The lowest BCUT2D eigenvalue weighted by atomic mass is 10.2. The molecule has 3 N–H and O–H groups in total. The Morgan fingerprint density at radius 2 is 2.00 bits per heavy atom. The van der Waals surface area contributed by atoms with Crippen molar-refractivity contribution in [2.75, 3.05) is 11.6 Å². The van der Waals surface area contributed by atoms with Crippen LogP contribution in [-0.2, 0) is 13.0 Å². The van der Waals surface area contributed by atoms with Crippen LogP contribution >= 0.6 is 34.7 Å². The average molecular weight is 416 g/mol. The molecule has 0 aliphatic carbocycles. The van der Waals surface area contributed by atoms with Crippen molar-refractivity contribution in [3.63, 3.8) is 0 Å². The van der Waals surface area contributed by atoms with Gasteiger partial charge in [0, 0.05) is 27.9 Å². The second-order valence-corrected chi connectivity index (χ2v) is 7.95. The summed E-state index contributed by atoms with van der Waals surface area (Å²) in [5, 5.41) is 3.04. The van der Waals surface area contributed by atoms with Gasteiger partial charge in [-0.1, -0.05) is 0 Å². The summed E-state index contributed by atoms with van der Waals surface area (Å²) in [5.41, 5.74) is 6.54. The van der Waals surface area contributed by atoms with E-state index in [9.17, 15) is 8.78 Å². The molecule has 26 heavy (non-hydrogen) atoms. The van der Waals surface area contributed by atoms with Gasteiger partial charge in [-0.25, -0.2) is 13.8 Å². The van der Waals surface area contributed by atoms with Crippen LogP contribution in [0.5, 0.6) is 0 Å². The lowest BCUT2D eigenvalue weighted by Gasteiger charge is -2.08. The summed E-state index contributed by atoms with van der Waals surface area (Å²) in [4.78, 5) is 14.1. The second-order valence-electron chi connectivity index (χ2n) is 5.69. The Morgan fingerprint density at radius 3 is 2.62 bits per heavy atom. The summed E-state index contributed by atoms with van der Waals surface area (Å²) in [7, 11) is 0. The first-order valence-corrected chi connectivity index (χ1v) is 10.1. The first kappa shape index (κ1) is 19.2. The minimum atomic E-state index is -0.720. The molecule has 0 amide bonds. The number of halogens is 3. The van der Waals surface area contributed by atoms with Crippen LogP contribution in [0.4, 0.5) is 14.6 Å². The van der Waals surface area contributed by atoms with E-state index in [0.717, 1.165) is 32.4 Å². The van der Waals surface area contributed by atoms with Crippen LogP contribution in [0, 0.1) is 11.6 Å². The molecule has 0 aromatic carbocycles. The van der Waals surface area contributed by atoms with Gasteiger partial charge in [0.15, 0.2) is 0 Å². The van der Waals surface area contributed by atoms with E-state index in [2.05, 4.69) is 20.3 Å². The number of anilines is 1. The molecule has 0 spiro atoms. The largest absolute Gasteiger partial charge is 0.364 e. The third kappa shape index (κ3) is 3.90. The zero-order valence-electron chi connectivity index (χ0n) is 14.0. The highest BCUT2D eigenvalue weighted by molar-refractivity contribution is 7.99. The Kier molecular flexibility index (Phi) is 5.91. The summed E-state index contributed by atoms with van der Waals surface area (Å²) in [5.74, 6) is -1.00. The third-order valence-corrected chi connectivity index (χ3v) is 5.98. The van der Waals surface area contributed by atoms with Crippen LogP contribution in [0.25, 0.3) is 10.2 Å². The van der Waals surface area contributed by atoms with Gasteiger partial charge in [-0.05, 0) is 31.2 Å². The summed E-state index contributed by atoms with van der Waals surface area (Å²) >= 11 is 9.13. The topological polar surface area (TPSA) is 76.7 Å². The number of aromatic nitrogens is 3. The predicted octanol–water partition coefficient (Wildman–Crippen LogP) is 4.24. The van der Waals surface area contributed by atoms with E-state index in [1.807, 2.05) is 13.2 Å². The first-order valence-electron chi connectivity index (χ1n) is 7.71. The first-order chi connectivity index (χ1) is 12.4. The van der Waals surface area contributed by atoms with Crippen molar-refractivity contribution in [3.8, 4) is 0 Å². The fourth-order valence-corrected chi connectivity index (χ4v) is 5.01. The summed E-state index contributed by atoms with van der Waals surface area (Å²) in [6.07, 6.45) is 4.60. The lowest BCUT2D eigenvalue weighted by molar-refractivity contribution is 0.550. The van der Waals surface area contributed by atoms with Crippen molar-refractivity contribution in [1.29, 1.82) is 0 Å². The Bertz CT molecular complexity index is 928. The maximum atomic E-state index is 13.8. The molecule has 3 rings (SSSR count). The van der Waals surface area contributed by atoms with Gasteiger partial charge in [0.2, 0.25) is 5.28 Å². The van der Waals surface area contributed by atoms with Crippen LogP contribution in [0.2, 0.25) is 5.28 Å². The zero-order valence-corrected chi connectivity index (χ0v) is 16.4. The van der Waals surface area contributed by atoms with Crippen molar-refractivity contribution in [2.24, 2.45) is 5.73 Å². The number of thioether (sulfide) groups is 1. The summed E-state index contributed by atoms with van der Waals surface area (Å²) in [6.45, 7) is 1.85. The van der Waals surface area contributed by atoms with E-state index in [0.29, 0.717) is 12.2 Å². The number of pyridine rings is 1. The zero-order chi connectivity index (χ0) is 18.8. The van der Waals surface area contributed by atoms with Gasteiger partial charge >= 0.3 is 0 Å². The lowest BCUT2D eigenvalue weighted by Crippen LogP contribution is -2.17. The summed E-state index contributed by atoms with van der Waals surface area (Å²) < 4.78 is 28.4. The number of nitrogens with zero attached hydrogens (tertiary/aromatic N) is 3. The highest BCUT2D eigenvalue weighted by atomic mass is 35.5. The number of thiophene rings is 1. The van der Waals surface area contributed by atoms with E-state index < -0.39 is 11.6 Å². The molecule has 5 nitrogen and oxygen atoms in total. The van der Waals surface area contributed by atoms with Crippen LogP contribution in [0.1, 0.15) is 17.4 Å². The maximum Gasteiger partial charge on any atom is 0.225 e. The minimum Gasteiger partial charge on any atom is -0.364 e. The van der Waals surface area contributed by atoms with Crippen LogP contribution in [-0.4, -0.2) is 27.2 Å². The molecule has 0 aliphatic rings. The smallest absolute Gasteiger partial charge is 0.225 e. The number of nitrogens with two attached hydrogens (primary N) is 1. The number of rotatable bonds is 6. The SMILES string of the molecule is CSc1c(CC(C)N)sc2c(NCc3c(F)cncc3F)nc(Cl)nc12. The summed E-state index contributed by atoms with van der Waals surface area (Å²) in [6, 6.07) is -0.00573. The van der Waals surface area contributed by atoms with Gasteiger partial charge in [-0.2, -0.15) is 4.98 Å². The molecule has 10 heteroatoms. The van der Waals surface area contributed by atoms with E-state index in [1.54, 1.807) is 11.8 Å². The Balaban J connectivity index is 2.01. The third-order valence-electron chi connectivity index (χ3n) is 3.63. The van der Waals surface area contributed by atoms with Gasteiger partial charge in [-0.3, -0.25) is 4.98 Å². The average Bonchev–Trinajstić information content (AvgIpc) is 2.90. The standard InChI is InChI=1S/C16H16ClF2N5S2/c1-7(20)3-11-13(25-2)12-14(26-11)15(24-16(17)23-12)22-4-8-9(18)5-21-6-10(8)19/h5-7H,3-4,20H2,1-2H3,(H,22,23,24). The maximum absolute atomic E-state index is 13.8. The molecule has 0 aliphatic heterocycles. The molecule has 3 aromatic heterocycles. The second kappa shape index (κ2) is 7.99. The Labute approximate surface area is 162 Å². The van der Waals surface area contributed by atoms with Crippen molar-refractivity contribution < 1.29 is 8.78 Å². The van der Waals surface area contributed by atoms with E-state index in [1.165, 1.54) is 11.3 Å². The molecule has 0 bridgehead atoms. The predicted molar refractivity (Wildman–Crippen MR) is 103 cm³/mol. The van der Waals surface area contributed by atoms with Gasteiger partial charge < -0.3 is 11.1 Å². The Hall–Kier alpha value is -1.55. The highest BCUT2D eigenvalue weighted by Gasteiger charge is 2.19. The molecule has 3 aromatic rings. The van der Waals surface area contributed by atoms with Crippen LogP contribution < -0.4 is 11.1 Å². The van der Waals surface area contributed by atoms with Gasteiger partial charge in [0.25, 0.3) is 0 Å². The van der Waals surface area contributed by atoms with Crippen LogP contribution in [0.3, 0.4) is 0 Å². The Morgan fingerprint density at radius 1 is 1.31 bits per heavy atom. The van der Waals surface area contributed by atoms with Gasteiger partial charge in [-0.15, -0.1) is 23.1 Å². The molecule has 3 heterocycles. The number of hydrogen-bond donors (Lipinski definition) is 2. The van der Waals surface area contributed by atoms with Crippen molar-refractivity contribution in [3.05, 3.63) is 39.8 Å². The molecule has 1 unspecified atom stereocenters. The number of hydrogen-bond acceptors (Lipinski definition) is 7. The van der Waals surface area contributed by atoms with Gasteiger partial charge in [0.05, 0.1) is 17.1 Å². The van der Waals surface area contributed by atoms with Crippen molar-refractivity contribution in [2.45, 2.75) is 30.8 Å². The molecule has 0 saturated carbocycles. The quantitative estimate of drug-likeness (QED) is 0.463. The molecule has 138 valence electrons. The molecule has 0 fully saturated rings. The highest BCUT2D eigenvalue weighted by Crippen LogP contribution is 2.40. The fourth-order valence-electron chi connectivity index (χ4n) is 2.51.